The highest BCUT2D eigenvalue weighted by Gasteiger charge is 2.28. The van der Waals surface area contributed by atoms with Crippen LogP contribution in [0.4, 0.5) is 11.5 Å². The Balaban J connectivity index is 2.26. The number of fused-ring (bicyclic) bond motifs is 1. The summed E-state index contributed by atoms with van der Waals surface area (Å²) in [6.45, 7) is 10.7. The summed E-state index contributed by atoms with van der Waals surface area (Å²) in [5, 5.41) is 4.44. The number of anilines is 2. The summed E-state index contributed by atoms with van der Waals surface area (Å²) in [6, 6.07) is 14.9. The molecule has 5 nitrogen and oxygen atoms in total. The first kappa shape index (κ1) is 22.2. The Morgan fingerprint density at radius 3 is 2.23 bits per heavy atom. The summed E-state index contributed by atoms with van der Waals surface area (Å²) in [4.78, 5) is 2.53. The molecule has 2 aromatic carbocycles. The number of benzene rings is 2. The van der Waals surface area contributed by atoms with Gasteiger partial charge in [0.2, 0.25) is 0 Å². The lowest BCUT2D eigenvalue weighted by Crippen LogP contribution is -2.24. The van der Waals surface area contributed by atoms with E-state index in [2.05, 4.69) is 31.0 Å². The van der Waals surface area contributed by atoms with Crippen LogP contribution in [0.2, 0.25) is 0 Å². The monoisotopic (exact) mass is 427 g/mol. The minimum Gasteiger partial charge on any atom is -0.369 e. The first-order valence-corrected chi connectivity index (χ1v) is 12.3. The molecule has 0 bridgehead atoms. The average Bonchev–Trinajstić information content (AvgIpc) is 3.07. The first-order valence-electron chi connectivity index (χ1n) is 10.9. The Morgan fingerprint density at radius 2 is 1.60 bits per heavy atom. The Hall–Kier alpha value is -2.47. The molecule has 0 unspecified atom stereocenters. The molecular weight excluding hydrogens is 394 g/mol. The largest absolute Gasteiger partial charge is 0.369 e. The molecule has 0 fully saturated rings. The molecule has 0 aliphatic heterocycles. The number of para-hydroxylation sites is 1. The van der Waals surface area contributed by atoms with Crippen molar-refractivity contribution in [3.8, 4) is 0 Å². The molecule has 1 heterocycles. The van der Waals surface area contributed by atoms with Crippen LogP contribution in [-0.2, 0) is 10.0 Å². The van der Waals surface area contributed by atoms with Crippen molar-refractivity contribution in [3.05, 3.63) is 54.1 Å². The summed E-state index contributed by atoms with van der Waals surface area (Å²) >= 11 is 0. The number of rotatable bonds is 10. The van der Waals surface area contributed by atoms with Gasteiger partial charge in [-0.15, -0.1) is 0 Å². The number of nitrogens with one attached hydrogen (secondary N) is 1. The van der Waals surface area contributed by atoms with E-state index in [-0.39, 0.29) is 0 Å². The predicted octanol–water partition coefficient (Wildman–Crippen LogP) is 5.64. The van der Waals surface area contributed by atoms with Crippen molar-refractivity contribution in [1.29, 1.82) is 0 Å². The average molecular weight is 428 g/mol. The molecule has 0 amide bonds. The van der Waals surface area contributed by atoms with E-state index in [1.165, 1.54) is 3.97 Å². The minimum absolute atomic E-state index is 0.302. The highest BCUT2D eigenvalue weighted by Crippen LogP contribution is 2.40. The van der Waals surface area contributed by atoms with Gasteiger partial charge in [0.15, 0.2) is 0 Å². The third-order valence-electron chi connectivity index (χ3n) is 5.52. The standard InChI is InChI=1S/C24H33N3O2S/c1-5-8-11-18-25-24-23(26(6-2)7-3)21-12-9-10-13-22(21)27(24)30(28,29)20-16-14-19(4)15-17-20/h9-10,12-17,25H,5-8,11,18H2,1-4H3. The van der Waals surface area contributed by atoms with Crippen LogP contribution < -0.4 is 10.2 Å². The van der Waals surface area contributed by atoms with Crippen LogP contribution in [0.25, 0.3) is 10.9 Å². The summed E-state index contributed by atoms with van der Waals surface area (Å²) in [5.41, 5.74) is 2.70. The molecule has 0 atom stereocenters. The molecule has 0 aliphatic rings. The van der Waals surface area contributed by atoms with Gasteiger partial charge in [0.05, 0.1) is 16.1 Å². The Kier molecular flexibility index (Phi) is 7.08. The fraction of sp³-hybridized carbons (Fsp3) is 0.417. The second kappa shape index (κ2) is 9.56. The van der Waals surface area contributed by atoms with Crippen LogP contribution in [0.15, 0.2) is 53.4 Å². The molecule has 0 radical (unpaired) electrons. The van der Waals surface area contributed by atoms with E-state index in [9.17, 15) is 8.42 Å². The molecule has 1 aromatic heterocycles. The zero-order valence-electron chi connectivity index (χ0n) is 18.5. The van der Waals surface area contributed by atoms with Gasteiger partial charge in [-0.1, -0.05) is 55.7 Å². The number of aryl methyl sites for hydroxylation is 1. The molecule has 3 aromatic rings. The van der Waals surface area contributed by atoms with Gasteiger partial charge in [0.1, 0.15) is 5.82 Å². The summed E-state index contributed by atoms with van der Waals surface area (Å²) < 4.78 is 29.1. The number of hydrogen-bond donors (Lipinski definition) is 1. The lowest BCUT2D eigenvalue weighted by molar-refractivity contribution is 0.589. The van der Waals surface area contributed by atoms with Crippen LogP contribution >= 0.6 is 0 Å². The quantitative estimate of drug-likeness (QED) is 0.426. The van der Waals surface area contributed by atoms with E-state index in [1.807, 2.05) is 43.3 Å². The maximum absolute atomic E-state index is 13.8. The van der Waals surface area contributed by atoms with E-state index in [0.29, 0.717) is 16.2 Å². The second-order valence-corrected chi connectivity index (χ2v) is 9.39. The molecule has 162 valence electrons. The number of unbranched alkanes of at least 4 members (excludes halogenated alkanes) is 2. The Bertz CT molecular complexity index is 1080. The lowest BCUT2D eigenvalue weighted by atomic mass is 10.2. The van der Waals surface area contributed by atoms with Crippen molar-refractivity contribution in [2.75, 3.05) is 29.9 Å². The maximum Gasteiger partial charge on any atom is 0.269 e. The van der Waals surface area contributed by atoms with Gasteiger partial charge >= 0.3 is 0 Å². The van der Waals surface area contributed by atoms with E-state index in [0.717, 1.165) is 55.5 Å². The second-order valence-electron chi connectivity index (χ2n) is 7.60. The fourth-order valence-corrected chi connectivity index (χ4v) is 5.36. The van der Waals surface area contributed by atoms with Gasteiger partial charge in [-0.25, -0.2) is 12.4 Å². The number of aromatic nitrogens is 1. The zero-order valence-corrected chi connectivity index (χ0v) is 19.3. The van der Waals surface area contributed by atoms with E-state index in [1.54, 1.807) is 12.1 Å². The van der Waals surface area contributed by atoms with Gasteiger partial charge < -0.3 is 10.2 Å². The van der Waals surface area contributed by atoms with Crippen LogP contribution in [-0.4, -0.2) is 32.0 Å². The van der Waals surface area contributed by atoms with Crippen LogP contribution in [0, 0.1) is 6.92 Å². The van der Waals surface area contributed by atoms with Crippen molar-refractivity contribution in [3.63, 3.8) is 0 Å². The Labute approximate surface area is 180 Å². The van der Waals surface area contributed by atoms with Crippen LogP contribution in [0.3, 0.4) is 0 Å². The van der Waals surface area contributed by atoms with Crippen molar-refractivity contribution in [1.82, 2.24) is 3.97 Å². The fourth-order valence-electron chi connectivity index (χ4n) is 3.86. The number of nitrogens with zero attached hydrogens (tertiary/aromatic N) is 2. The minimum atomic E-state index is -3.76. The molecular formula is C24H33N3O2S. The SMILES string of the molecule is CCCCCNc1c(N(CC)CC)c2ccccc2n1S(=O)(=O)c1ccc(C)cc1. The molecule has 0 saturated heterocycles. The van der Waals surface area contributed by atoms with Crippen molar-refractivity contribution >= 4 is 32.4 Å². The first-order chi connectivity index (χ1) is 14.5. The maximum atomic E-state index is 13.8. The topological polar surface area (TPSA) is 54.3 Å². The highest BCUT2D eigenvalue weighted by molar-refractivity contribution is 7.90. The van der Waals surface area contributed by atoms with E-state index in [4.69, 9.17) is 0 Å². The smallest absolute Gasteiger partial charge is 0.269 e. The summed E-state index contributed by atoms with van der Waals surface area (Å²) in [5.74, 6) is 0.663. The molecule has 1 N–H and O–H groups in total. The highest BCUT2D eigenvalue weighted by atomic mass is 32.2. The third-order valence-corrected chi connectivity index (χ3v) is 7.24. The molecule has 0 saturated carbocycles. The van der Waals surface area contributed by atoms with Crippen LogP contribution in [0.1, 0.15) is 45.6 Å². The van der Waals surface area contributed by atoms with E-state index >= 15 is 0 Å². The van der Waals surface area contributed by atoms with Gasteiger partial charge in [-0.3, -0.25) is 0 Å². The van der Waals surface area contributed by atoms with Gasteiger partial charge in [0.25, 0.3) is 10.0 Å². The van der Waals surface area contributed by atoms with Crippen molar-refractivity contribution < 1.29 is 8.42 Å². The summed E-state index contributed by atoms with van der Waals surface area (Å²) in [7, 11) is -3.76. The van der Waals surface area contributed by atoms with Crippen molar-refractivity contribution in [2.45, 2.75) is 51.9 Å². The van der Waals surface area contributed by atoms with Crippen LogP contribution in [0.5, 0.6) is 0 Å². The molecule has 0 spiro atoms. The van der Waals surface area contributed by atoms with Gasteiger partial charge in [0, 0.05) is 25.0 Å². The predicted molar refractivity (Wildman–Crippen MR) is 127 cm³/mol. The van der Waals surface area contributed by atoms with Gasteiger partial charge in [-0.2, -0.15) is 0 Å². The zero-order chi connectivity index (χ0) is 21.7. The molecule has 6 heteroatoms. The lowest BCUT2D eigenvalue weighted by Gasteiger charge is -2.23. The van der Waals surface area contributed by atoms with E-state index < -0.39 is 10.0 Å². The third kappa shape index (κ3) is 4.19. The molecule has 0 aliphatic carbocycles. The normalized spacial score (nSPS) is 11.7. The molecule has 30 heavy (non-hydrogen) atoms. The summed E-state index contributed by atoms with van der Waals surface area (Å²) in [6.07, 6.45) is 3.23. The number of hydrogen-bond acceptors (Lipinski definition) is 4. The Morgan fingerprint density at radius 1 is 0.933 bits per heavy atom. The van der Waals surface area contributed by atoms with Gasteiger partial charge in [-0.05, 0) is 45.4 Å². The van der Waals surface area contributed by atoms with Crippen molar-refractivity contribution in [2.24, 2.45) is 0 Å². The molecule has 3 rings (SSSR count).